The first kappa shape index (κ1) is 20.3. The van der Waals surface area contributed by atoms with Crippen LogP contribution in [0.15, 0.2) is 0 Å². The zero-order valence-corrected chi connectivity index (χ0v) is 16.7. The van der Waals surface area contributed by atoms with Crippen LogP contribution < -0.4 is 10.6 Å². The molecule has 3 heterocycles. The second kappa shape index (κ2) is 8.57. The van der Waals surface area contributed by atoms with Crippen LogP contribution in [-0.2, 0) is 19.8 Å². The minimum Gasteiger partial charge on any atom is -0.455 e. The predicted molar refractivity (Wildman–Crippen MR) is 83.4 cm³/mol. The van der Waals surface area contributed by atoms with Crippen LogP contribution in [0.2, 0.25) is 0 Å². The smallest absolute Gasteiger partial charge is 0.455 e. The number of halogens is 2. The summed E-state index contributed by atoms with van der Waals surface area (Å²) in [6.45, 7) is 8.09. The maximum absolute atomic E-state index is 13.5. The number of nitroso groups, excluding NO2 is 1. The molecule has 138 valence electrons. The van der Waals surface area contributed by atoms with E-state index >= 15 is 0 Å². The summed E-state index contributed by atoms with van der Waals surface area (Å²) in [6, 6.07) is -0.205. The molecular weight excluding hydrogens is 492 g/mol. The maximum Gasteiger partial charge on any atom is 2.00 e. The van der Waals surface area contributed by atoms with E-state index in [0.717, 1.165) is 17.7 Å². The SMILES string of the molecule is C[CH-]CC1[CH-]NC(C2CC(C(F)F)C3N(C2)CC(C)[N+]3=O)NC1.[Os+2]. The first-order valence-corrected chi connectivity index (χ1v) is 8.59. The van der Waals surface area contributed by atoms with Crippen LogP contribution in [0.5, 0.6) is 0 Å². The van der Waals surface area contributed by atoms with Crippen LogP contribution in [0, 0.1) is 35.6 Å². The molecule has 0 radical (unpaired) electrons. The average molecular weight is 520 g/mol. The summed E-state index contributed by atoms with van der Waals surface area (Å²) in [4.78, 5) is 14.1. The second-order valence-corrected chi connectivity index (χ2v) is 7.19. The third-order valence-electron chi connectivity index (χ3n) is 5.44. The van der Waals surface area contributed by atoms with Gasteiger partial charge < -0.3 is 17.1 Å². The van der Waals surface area contributed by atoms with Crippen LogP contribution in [-0.4, -0.2) is 54.1 Å². The third-order valence-corrected chi connectivity index (χ3v) is 5.44. The Morgan fingerprint density at radius 1 is 1.42 bits per heavy atom. The van der Waals surface area contributed by atoms with Gasteiger partial charge in [-0.05, 0) is 18.9 Å². The number of fused-ring (bicyclic) bond motifs is 1. The Labute approximate surface area is 155 Å². The Bertz CT molecular complexity index is 434. The van der Waals surface area contributed by atoms with Crippen molar-refractivity contribution in [3.63, 3.8) is 0 Å². The molecule has 5 nitrogen and oxygen atoms in total. The summed E-state index contributed by atoms with van der Waals surface area (Å²) >= 11 is 0. The van der Waals surface area contributed by atoms with Crippen molar-refractivity contribution in [3.05, 3.63) is 17.9 Å². The normalized spacial score (nSPS) is 40.5. The molecule has 24 heavy (non-hydrogen) atoms. The zero-order chi connectivity index (χ0) is 16.6. The molecule has 3 aliphatic heterocycles. The Balaban J connectivity index is 0.00000208. The molecule has 0 aromatic rings. The van der Waals surface area contributed by atoms with E-state index in [-0.39, 0.29) is 37.9 Å². The predicted octanol–water partition coefficient (Wildman–Crippen LogP) is 1.61. The Kier molecular flexibility index (Phi) is 7.25. The van der Waals surface area contributed by atoms with Gasteiger partial charge in [-0.25, -0.2) is 20.1 Å². The summed E-state index contributed by atoms with van der Waals surface area (Å²) in [5.74, 6) is -0.337. The van der Waals surface area contributed by atoms with Crippen molar-refractivity contribution < 1.29 is 33.3 Å². The van der Waals surface area contributed by atoms with Crippen LogP contribution >= 0.6 is 0 Å². The minimum absolute atomic E-state index is 0. The van der Waals surface area contributed by atoms with Gasteiger partial charge in [-0.15, -0.1) is 0 Å². The van der Waals surface area contributed by atoms with E-state index in [1.165, 1.54) is 0 Å². The fraction of sp³-hybridized carbons (Fsp3) is 0.875. The van der Waals surface area contributed by atoms with Crippen molar-refractivity contribution in [1.29, 1.82) is 0 Å². The molecule has 3 aliphatic rings. The molecule has 0 spiro atoms. The van der Waals surface area contributed by atoms with E-state index in [1.54, 1.807) is 0 Å². The summed E-state index contributed by atoms with van der Waals surface area (Å²) in [7, 11) is 0. The topological polar surface area (TPSA) is 47.4 Å². The van der Waals surface area contributed by atoms with Crippen LogP contribution in [0.25, 0.3) is 0 Å². The average Bonchev–Trinajstić information content (AvgIpc) is 2.82. The van der Waals surface area contributed by atoms with Crippen molar-refractivity contribution in [2.24, 2.45) is 17.8 Å². The first-order valence-electron chi connectivity index (χ1n) is 8.59. The Morgan fingerprint density at radius 2 is 2.17 bits per heavy atom. The fourth-order valence-electron chi connectivity index (χ4n) is 4.31. The van der Waals surface area contributed by atoms with E-state index in [1.807, 2.05) is 18.7 Å². The molecule has 2 N–H and O–H groups in total. The van der Waals surface area contributed by atoms with Crippen molar-refractivity contribution in [3.8, 4) is 0 Å². The molecule has 3 fully saturated rings. The molecule has 0 aromatic carbocycles. The summed E-state index contributed by atoms with van der Waals surface area (Å²) in [6.07, 6.45) is 0.429. The van der Waals surface area contributed by atoms with Gasteiger partial charge in [0.25, 0.3) is 6.17 Å². The molecule has 3 saturated heterocycles. The maximum atomic E-state index is 13.5. The number of piperidine rings is 1. The fourth-order valence-corrected chi connectivity index (χ4v) is 4.31. The van der Waals surface area contributed by atoms with Gasteiger partial charge in [-0.3, -0.25) is 6.54 Å². The number of hydrogen-bond acceptors (Lipinski definition) is 4. The zero-order valence-electron chi connectivity index (χ0n) is 14.1. The molecule has 0 amide bonds. The van der Waals surface area contributed by atoms with Gasteiger partial charge in [0, 0.05) is 29.3 Å². The van der Waals surface area contributed by atoms with Gasteiger partial charge >= 0.3 is 19.8 Å². The van der Waals surface area contributed by atoms with Crippen molar-refractivity contribution in [2.75, 3.05) is 19.6 Å². The molecule has 6 atom stereocenters. The van der Waals surface area contributed by atoms with Gasteiger partial charge in [0.15, 0.2) is 0 Å². The van der Waals surface area contributed by atoms with Gasteiger partial charge in [-0.2, -0.15) is 12.8 Å². The van der Waals surface area contributed by atoms with Gasteiger partial charge in [0.1, 0.15) is 5.92 Å². The number of nitrogens with one attached hydrogen (secondary N) is 2. The summed E-state index contributed by atoms with van der Waals surface area (Å²) in [5.41, 5.74) is 0. The molecule has 0 aliphatic carbocycles. The molecule has 3 rings (SSSR count). The summed E-state index contributed by atoms with van der Waals surface area (Å²) in [5, 5.41) is 6.83. The Hall–Kier alpha value is -0.0236. The van der Waals surface area contributed by atoms with Gasteiger partial charge in [0.05, 0.1) is 6.54 Å². The van der Waals surface area contributed by atoms with Gasteiger partial charge in [-0.1, -0.05) is 0 Å². The van der Waals surface area contributed by atoms with E-state index in [9.17, 15) is 13.7 Å². The Morgan fingerprint density at radius 3 is 2.75 bits per heavy atom. The quantitative estimate of drug-likeness (QED) is 0.438. The standard InChI is InChI=1S/C16H27F2N4O.Os/c1-3-4-11-6-19-15(20-7-11)12-5-13(14(17)18)16-21(9-12)8-10(2)22(16)23;/h3,6,10-16,19-20H,4-5,7-9H2,1-2H3;/q-1;+2. The minimum atomic E-state index is -2.46. The molecule has 0 bridgehead atoms. The number of nitrogens with zero attached hydrogens (tertiary/aromatic N) is 2. The van der Waals surface area contributed by atoms with E-state index in [4.69, 9.17) is 0 Å². The molecule has 6 unspecified atom stereocenters. The monoisotopic (exact) mass is 521 g/mol. The third kappa shape index (κ3) is 4.03. The van der Waals surface area contributed by atoms with Gasteiger partial charge in [0.2, 0.25) is 12.5 Å². The van der Waals surface area contributed by atoms with E-state index in [2.05, 4.69) is 23.6 Å². The summed E-state index contributed by atoms with van der Waals surface area (Å²) < 4.78 is 27.9. The van der Waals surface area contributed by atoms with Crippen molar-refractivity contribution in [1.82, 2.24) is 15.5 Å². The molecule has 0 aromatic heterocycles. The van der Waals surface area contributed by atoms with Crippen molar-refractivity contribution in [2.45, 2.75) is 51.5 Å². The van der Waals surface area contributed by atoms with Crippen LogP contribution in [0.1, 0.15) is 26.7 Å². The van der Waals surface area contributed by atoms with Crippen molar-refractivity contribution >= 4 is 0 Å². The van der Waals surface area contributed by atoms with Crippen LogP contribution in [0.3, 0.4) is 0 Å². The first-order chi connectivity index (χ1) is 11.0. The van der Waals surface area contributed by atoms with E-state index < -0.39 is 18.5 Å². The number of hydrogen-bond donors (Lipinski definition) is 2. The second-order valence-electron chi connectivity index (χ2n) is 7.19. The number of rotatable bonds is 4. The van der Waals surface area contributed by atoms with Crippen LogP contribution in [0.4, 0.5) is 8.78 Å². The molecule has 0 saturated carbocycles. The largest absolute Gasteiger partial charge is 2.00 e. The molecule has 8 heteroatoms. The van der Waals surface area contributed by atoms with E-state index in [0.29, 0.717) is 25.4 Å². The number of alkyl halides is 2. The molecular formula is C16H27F2N4OOs+.